The molecule has 1 aliphatic heterocycles. The molecule has 0 spiro atoms. The highest BCUT2D eigenvalue weighted by Gasteiger charge is 2.36. The molecule has 1 aromatic rings. The number of carbonyl (C=O) groups is 1. The highest BCUT2D eigenvalue weighted by Crippen LogP contribution is 2.28. The SMILES string of the molecule is Cc1cc([N+](=O)[O-])cc(C(=O)N2CCC(C)C2CO)c1F. The number of non-ortho nitro benzene ring substituents is 1. The minimum atomic E-state index is -0.748. The topological polar surface area (TPSA) is 83.7 Å². The van der Waals surface area contributed by atoms with E-state index in [1.807, 2.05) is 6.92 Å². The lowest BCUT2D eigenvalue weighted by Crippen LogP contribution is -2.40. The molecule has 1 heterocycles. The lowest BCUT2D eigenvalue weighted by molar-refractivity contribution is -0.385. The van der Waals surface area contributed by atoms with Gasteiger partial charge >= 0.3 is 0 Å². The Kier molecular flexibility index (Phi) is 4.22. The van der Waals surface area contributed by atoms with E-state index < -0.39 is 16.6 Å². The van der Waals surface area contributed by atoms with Crippen molar-refractivity contribution in [1.29, 1.82) is 0 Å². The van der Waals surface area contributed by atoms with Gasteiger partial charge in [-0.25, -0.2) is 4.39 Å². The molecule has 2 rings (SSSR count). The third-order valence-electron chi connectivity index (χ3n) is 4.01. The van der Waals surface area contributed by atoms with Gasteiger partial charge in [0.1, 0.15) is 5.82 Å². The van der Waals surface area contributed by atoms with Crippen LogP contribution in [-0.2, 0) is 0 Å². The third kappa shape index (κ3) is 2.73. The third-order valence-corrected chi connectivity index (χ3v) is 4.01. The van der Waals surface area contributed by atoms with Gasteiger partial charge in [0.05, 0.1) is 23.1 Å². The predicted molar refractivity (Wildman–Crippen MR) is 73.5 cm³/mol. The van der Waals surface area contributed by atoms with Crippen molar-refractivity contribution in [2.45, 2.75) is 26.3 Å². The van der Waals surface area contributed by atoms with Crippen LogP contribution in [0.1, 0.15) is 29.3 Å². The molecule has 0 aromatic heterocycles. The quantitative estimate of drug-likeness (QED) is 0.682. The maximum Gasteiger partial charge on any atom is 0.270 e. The Morgan fingerprint density at radius 1 is 1.57 bits per heavy atom. The molecule has 0 radical (unpaired) electrons. The molecule has 0 bridgehead atoms. The summed E-state index contributed by atoms with van der Waals surface area (Å²) >= 11 is 0. The van der Waals surface area contributed by atoms with E-state index in [1.165, 1.54) is 11.8 Å². The van der Waals surface area contributed by atoms with Gasteiger partial charge in [-0.3, -0.25) is 14.9 Å². The van der Waals surface area contributed by atoms with Gasteiger partial charge in [-0.1, -0.05) is 6.92 Å². The number of rotatable bonds is 3. The van der Waals surface area contributed by atoms with E-state index in [1.54, 1.807) is 0 Å². The summed E-state index contributed by atoms with van der Waals surface area (Å²) in [5.74, 6) is -1.24. The van der Waals surface area contributed by atoms with Crippen molar-refractivity contribution in [2.75, 3.05) is 13.2 Å². The second-order valence-electron chi connectivity index (χ2n) is 5.40. The van der Waals surface area contributed by atoms with Crippen LogP contribution in [0.5, 0.6) is 0 Å². The number of likely N-dealkylation sites (tertiary alicyclic amines) is 1. The number of nitro groups is 1. The van der Waals surface area contributed by atoms with Crippen LogP contribution in [0.2, 0.25) is 0 Å². The summed E-state index contributed by atoms with van der Waals surface area (Å²) in [6.07, 6.45) is 0.715. The molecular formula is C14H17FN2O4. The van der Waals surface area contributed by atoms with Crippen LogP contribution in [0.4, 0.5) is 10.1 Å². The standard InChI is InChI=1S/C14H17FN2O4/c1-8-3-4-16(12(8)7-18)14(19)11-6-10(17(20)21)5-9(2)13(11)15/h5-6,8,12,18H,3-4,7H2,1-2H3. The zero-order valence-corrected chi connectivity index (χ0v) is 11.9. The van der Waals surface area contributed by atoms with Crippen LogP contribution in [-0.4, -0.2) is 40.0 Å². The van der Waals surface area contributed by atoms with Gasteiger partial charge in [-0.2, -0.15) is 0 Å². The van der Waals surface area contributed by atoms with Gasteiger partial charge in [0, 0.05) is 18.7 Å². The van der Waals surface area contributed by atoms with Crippen molar-refractivity contribution >= 4 is 11.6 Å². The fourth-order valence-corrected chi connectivity index (χ4v) is 2.71. The lowest BCUT2D eigenvalue weighted by atomic mass is 10.0. The largest absolute Gasteiger partial charge is 0.394 e. The molecule has 1 saturated heterocycles. The number of hydrogen-bond acceptors (Lipinski definition) is 4. The fourth-order valence-electron chi connectivity index (χ4n) is 2.71. The van der Waals surface area contributed by atoms with Gasteiger partial charge in [0.15, 0.2) is 0 Å². The number of nitro benzene ring substituents is 1. The van der Waals surface area contributed by atoms with Crippen molar-refractivity contribution < 1.29 is 19.2 Å². The molecule has 0 saturated carbocycles. The molecule has 7 heteroatoms. The van der Waals surface area contributed by atoms with Crippen LogP contribution in [0.3, 0.4) is 0 Å². The number of benzene rings is 1. The number of aryl methyl sites for hydroxylation is 1. The minimum Gasteiger partial charge on any atom is -0.394 e. The molecular weight excluding hydrogens is 279 g/mol. The van der Waals surface area contributed by atoms with Crippen molar-refractivity contribution in [2.24, 2.45) is 5.92 Å². The molecule has 1 amide bonds. The molecule has 21 heavy (non-hydrogen) atoms. The van der Waals surface area contributed by atoms with Crippen molar-refractivity contribution in [3.63, 3.8) is 0 Å². The van der Waals surface area contributed by atoms with E-state index >= 15 is 0 Å². The molecule has 1 fully saturated rings. The van der Waals surface area contributed by atoms with Gasteiger partial charge in [0.25, 0.3) is 11.6 Å². The molecule has 1 N–H and O–H groups in total. The Morgan fingerprint density at radius 2 is 2.24 bits per heavy atom. The Bertz CT molecular complexity index is 591. The Labute approximate surface area is 121 Å². The fraction of sp³-hybridized carbons (Fsp3) is 0.500. The molecule has 1 aromatic carbocycles. The van der Waals surface area contributed by atoms with E-state index in [0.29, 0.717) is 13.0 Å². The van der Waals surface area contributed by atoms with Gasteiger partial charge < -0.3 is 10.0 Å². The number of nitrogens with zero attached hydrogens (tertiary/aromatic N) is 2. The summed E-state index contributed by atoms with van der Waals surface area (Å²) in [6, 6.07) is 1.68. The van der Waals surface area contributed by atoms with Crippen LogP contribution in [0.15, 0.2) is 12.1 Å². The number of aliphatic hydroxyl groups excluding tert-OH is 1. The maximum atomic E-state index is 14.1. The van der Waals surface area contributed by atoms with E-state index in [-0.39, 0.29) is 35.4 Å². The average molecular weight is 296 g/mol. The van der Waals surface area contributed by atoms with E-state index in [4.69, 9.17) is 0 Å². The summed E-state index contributed by atoms with van der Waals surface area (Å²) in [5.41, 5.74) is -0.570. The lowest BCUT2D eigenvalue weighted by Gasteiger charge is -2.25. The van der Waals surface area contributed by atoms with Crippen LogP contribution in [0.25, 0.3) is 0 Å². The van der Waals surface area contributed by atoms with Gasteiger partial charge in [0.2, 0.25) is 0 Å². The Morgan fingerprint density at radius 3 is 2.81 bits per heavy atom. The van der Waals surface area contributed by atoms with Crippen LogP contribution >= 0.6 is 0 Å². The minimum absolute atomic E-state index is 0.0559. The normalized spacial score (nSPS) is 21.6. The van der Waals surface area contributed by atoms with Crippen LogP contribution < -0.4 is 0 Å². The smallest absolute Gasteiger partial charge is 0.270 e. The highest BCUT2D eigenvalue weighted by molar-refractivity contribution is 5.95. The second-order valence-corrected chi connectivity index (χ2v) is 5.40. The number of aliphatic hydroxyl groups is 1. The zero-order chi connectivity index (χ0) is 15.7. The van der Waals surface area contributed by atoms with E-state index in [0.717, 1.165) is 12.1 Å². The van der Waals surface area contributed by atoms with Crippen molar-refractivity contribution in [3.05, 3.63) is 39.2 Å². The summed E-state index contributed by atoms with van der Waals surface area (Å²) in [7, 11) is 0. The summed E-state index contributed by atoms with van der Waals surface area (Å²) < 4.78 is 14.1. The molecule has 2 atom stereocenters. The number of halogens is 1. The van der Waals surface area contributed by atoms with E-state index in [9.17, 15) is 24.4 Å². The first-order chi connectivity index (χ1) is 9.86. The molecule has 2 unspecified atom stereocenters. The first kappa shape index (κ1) is 15.4. The second kappa shape index (κ2) is 5.77. The average Bonchev–Trinajstić information content (AvgIpc) is 2.81. The van der Waals surface area contributed by atoms with Gasteiger partial charge in [-0.05, 0) is 24.8 Å². The van der Waals surface area contributed by atoms with E-state index in [2.05, 4.69) is 0 Å². The first-order valence-electron chi connectivity index (χ1n) is 6.73. The number of amides is 1. The van der Waals surface area contributed by atoms with Crippen LogP contribution in [0, 0.1) is 28.8 Å². The van der Waals surface area contributed by atoms with Crippen molar-refractivity contribution in [1.82, 2.24) is 4.90 Å². The zero-order valence-electron chi connectivity index (χ0n) is 11.9. The first-order valence-corrected chi connectivity index (χ1v) is 6.73. The van der Waals surface area contributed by atoms with Gasteiger partial charge in [-0.15, -0.1) is 0 Å². The number of hydrogen-bond donors (Lipinski definition) is 1. The highest BCUT2D eigenvalue weighted by atomic mass is 19.1. The molecule has 114 valence electrons. The molecule has 0 aliphatic carbocycles. The maximum absolute atomic E-state index is 14.1. The molecule has 1 aliphatic rings. The Balaban J connectivity index is 2.41. The summed E-state index contributed by atoms with van der Waals surface area (Å²) in [5, 5.41) is 20.2. The Hall–Kier alpha value is -2.02. The summed E-state index contributed by atoms with van der Waals surface area (Å²) in [4.78, 5) is 24.1. The van der Waals surface area contributed by atoms with Crippen molar-refractivity contribution in [3.8, 4) is 0 Å². The number of carbonyl (C=O) groups excluding carboxylic acids is 1. The molecule has 6 nitrogen and oxygen atoms in total. The summed E-state index contributed by atoms with van der Waals surface area (Å²) in [6.45, 7) is 3.49. The predicted octanol–water partition coefficient (Wildman–Crippen LogP) is 1.89. The monoisotopic (exact) mass is 296 g/mol.